The van der Waals surface area contributed by atoms with Gasteiger partial charge in [-0.25, -0.2) is 22.8 Å². The number of carbonyl (C=O) groups is 2. The van der Waals surface area contributed by atoms with Gasteiger partial charge < -0.3 is 24.8 Å². The molecule has 0 saturated carbocycles. The lowest BCUT2D eigenvalue weighted by Gasteiger charge is -2.23. The molecule has 1 atom stereocenters. The summed E-state index contributed by atoms with van der Waals surface area (Å²) in [6, 6.07) is 12.5. The van der Waals surface area contributed by atoms with E-state index in [4.69, 9.17) is 9.47 Å². The normalized spacial score (nSPS) is 12.1. The highest BCUT2D eigenvalue weighted by molar-refractivity contribution is 5.74. The van der Waals surface area contributed by atoms with Crippen LogP contribution in [0.4, 0.5) is 18.0 Å². The largest absolute Gasteiger partial charge is 0.492 e. The lowest BCUT2D eigenvalue weighted by molar-refractivity contribution is -0.149. The Morgan fingerprint density at radius 1 is 1.00 bits per heavy atom. The van der Waals surface area contributed by atoms with Crippen molar-refractivity contribution in [3.8, 4) is 5.75 Å². The van der Waals surface area contributed by atoms with Crippen molar-refractivity contribution in [2.75, 3.05) is 26.3 Å². The van der Waals surface area contributed by atoms with Gasteiger partial charge in [-0.2, -0.15) is 0 Å². The Kier molecular flexibility index (Phi) is 12.9. The molecule has 0 fully saturated rings. The number of unbranched alkanes of at least 4 members (excludes halogenated alkanes) is 2. The lowest BCUT2D eigenvalue weighted by atomic mass is 10.1. The van der Waals surface area contributed by atoms with E-state index in [1.54, 1.807) is 48.2 Å². The third-order valence-electron chi connectivity index (χ3n) is 5.81. The summed E-state index contributed by atoms with van der Waals surface area (Å²) in [6.07, 6.45) is 0.614. The fourth-order valence-electron chi connectivity index (χ4n) is 3.75. The molecule has 0 bridgehead atoms. The minimum Gasteiger partial charge on any atom is -0.492 e. The second-order valence-electron chi connectivity index (χ2n) is 9.13. The molecule has 0 aliphatic carbocycles. The first-order valence-electron chi connectivity index (χ1n) is 12.8. The standard InChI is InChI=1S/C28H37F3N2O5/c1-3-37-25(26(34)35)19-21-9-13-24(14-10-21)38-18-17-33(16-6-4-5-15-28(2,30)31)27(36)32-20-22-7-11-23(29)12-8-22/h7-14,25H,3-6,15-20H2,1-2H3,(H,32,36)(H,34,35). The number of hydrogen-bond donors (Lipinski definition) is 2. The monoisotopic (exact) mass is 538 g/mol. The molecule has 0 aromatic heterocycles. The smallest absolute Gasteiger partial charge is 0.333 e. The number of amides is 2. The molecule has 7 nitrogen and oxygen atoms in total. The Balaban J connectivity index is 1.88. The molecule has 2 N–H and O–H groups in total. The summed E-state index contributed by atoms with van der Waals surface area (Å²) in [4.78, 5) is 25.7. The topological polar surface area (TPSA) is 88.1 Å². The summed E-state index contributed by atoms with van der Waals surface area (Å²) in [5, 5.41) is 12.0. The molecule has 2 aromatic rings. The Morgan fingerprint density at radius 2 is 1.66 bits per heavy atom. The van der Waals surface area contributed by atoms with E-state index in [1.165, 1.54) is 12.1 Å². The van der Waals surface area contributed by atoms with Crippen molar-refractivity contribution < 1.29 is 37.3 Å². The molecule has 210 valence electrons. The zero-order valence-corrected chi connectivity index (χ0v) is 21.9. The summed E-state index contributed by atoms with van der Waals surface area (Å²) in [5.74, 6) is -3.52. The molecule has 38 heavy (non-hydrogen) atoms. The molecule has 0 spiro atoms. The SMILES string of the molecule is CCOC(Cc1ccc(OCCN(CCCCCC(C)(F)F)C(=O)NCc2ccc(F)cc2)cc1)C(=O)O. The number of aliphatic carboxylic acids is 1. The number of nitrogens with one attached hydrogen (secondary N) is 1. The number of carboxylic acid groups (broad SMARTS) is 1. The Labute approximate surface area is 221 Å². The van der Waals surface area contributed by atoms with Crippen LogP contribution in [0.5, 0.6) is 5.75 Å². The molecule has 0 aliphatic rings. The van der Waals surface area contributed by atoms with Gasteiger partial charge in [-0.1, -0.05) is 30.7 Å². The zero-order chi connectivity index (χ0) is 28.0. The molecule has 1 unspecified atom stereocenters. The Morgan fingerprint density at radius 3 is 2.26 bits per heavy atom. The summed E-state index contributed by atoms with van der Waals surface area (Å²) in [5.41, 5.74) is 1.54. The Hall–Kier alpha value is -3.27. The third kappa shape index (κ3) is 12.3. The number of ether oxygens (including phenoxy) is 2. The van der Waals surface area contributed by atoms with E-state index in [0.29, 0.717) is 38.2 Å². The van der Waals surface area contributed by atoms with Crippen molar-refractivity contribution in [3.05, 3.63) is 65.5 Å². The summed E-state index contributed by atoms with van der Waals surface area (Å²) < 4.78 is 50.3. The maximum atomic E-state index is 13.1. The van der Waals surface area contributed by atoms with Crippen LogP contribution in [0.25, 0.3) is 0 Å². The predicted octanol–water partition coefficient (Wildman–Crippen LogP) is 5.66. The van der Waals surface area contributed by atoms with Gasteiger partial charge >= 0.3 is 12.0 Å². The number of hydrogen-bond acceptors (Lipinski definition) is 4. The lowest BCUT2D eigenvalue weighted by Crippen LogP contribution is -2.42. The van der Waals surface area contributed by atoms with E-state index in [-0.39, 0.29) is 44.4 Å². The highest BCUT2D eigenvalue weighted by Gasteiger charge is 2.20. The quantitative estimate of drug-likeness (QED) is 0.254. The third-order valence-corrected chi connectivity index (χ3v) is 5.81. The first-order valence-corrected chi connectivity index (χ1v) is 12.8. The van der Waals surface area contributed by atoms with Crippen LogP contribution in [0.15, 0.2) is 48.5 Å². The van der Waals surface area contributed by atoms with E-state index in [1.807, 2.05) is 0 Å². The molecule has 0 heterocycles. The number of alkyl halides is 2. The van der Waals surface area contributed by atoms with Crippen molar-refractivity contribution in [2.45, 2.75) is 64.5 Å². The van der Waals surface area contributed by atoms with Crippen molar-refractivity contribution in [1.82, 2.24) is 10.2 Å². The highest BCUT2D eigenvalue weighted by Crippen LogP contribution is 2.20. The van der Waals surface area contributed by atoms with Crippen LogP contribution in [0, 0.1) is 5.82 Å². The molecule has 2 amide bonds. The first kappa shape index (κ1) is 31.0. The van der Waals surface area contributed by atoms with Gasteiger partial charge in [-0.3, -0.25) is 0 Å². The van der Waals surface area contributed by atoms with Crippen molar-refractivity contribution in [1.29, 1.82) is 0 Å². The van der Waals surface area contributed by atoms with Crippen molar-refractivity contribution in [3.63, 3.8) is 0 Å². The van der Waals surface area contributed by atoms with Gasteiger partial charge in [0.25, 0.3) is 0 Å². The van der Waals surface area contributed by atoms with E-state index < -0.39 is 18.0 Å². The van der Waals surface area contributed by atoms with Gasteiger partial charge in [0, 0.05) is 32.5 Å². The number of benzene rings is 2. The molecule has 10 heteroatoms. The second kappa shape index (κ2) is 15.9. The van der Waals surface area contributed by atoms with Gasteiger partial charge in [0.1, 0.15) is 18.2 Å². The molecule has 0 saturated heterocycles. The minimum absolute atomic E-state index is 0.194. The minimum atomic E-state index is -2.70. The molecule has 0 radical (unpaired) electrons. The maximum Gasteiger partial charge on any atom is 0.333 e. The molecule has 2 rings (SSSR count). The van der Waals surface area contributed by atoms with Crippen LogP contribution in [0.3, 0.4) is 0 Å². The van der Waals surface area contributed by atoms with Crippen molar-refractivity contribution in [2.24, 2.45) is 0 Å². The summed E-state index contributed by atoms with van der Waals surface area (Å²) in [6.45, 7) is 4.01. The van der Waals surface area contributed by atoms with Crippen molar-refractivity contribution >= 4 is 12.0 Å². The van der Waals surface area contributed by atoms with Crippen LogP contribution in [0.1, 0.15) is 50.7 Å². The number of carbonyl (C=O) groups excluding carboxylic acids is 1. The van der Waals surface area contributed by atoms with Gasteiger partial charge in [0.05, 0.1) is 6.54 Å². The fourth-order valence-corrected chi connectivity index (χ4v) is 3.75. The van der Waals surface area contributed by atoms with E-state index in [0.717, 1.165) is 18.1 Å². The van der Waals surface area contributed by atoms with Gasteiger partial charge in [-0.15, -0.1) is 0 Å². The van der Waals surface area contributed by atoms with Crippen LogP contribution >= 0.6 is 0 Å². The van der Waals surface area contributed by atoms with E-state index in [9.17, 15) is 27.9 Å². The van der Waals surface area contributed by atoms with Crippen LogP contribution in [-0.2, 0) is 22.5 Å². The number of halogens is 3. The summed E-state index contributed by atoms with van der Waals surface area (Å²) >= 11 is 0. The predicted molar refractivity (Wildman–Crippen MR) is 138 cm³/mol. The van der Waals surface area contributed by atoms with Gasteiger partial charge in [0.15, 0.2) is 6.10 Å². The highest BCUT2D eigenvalue weighted by atomic mass is 19.3. The van der Waals surface area contributed by atoms with Gasteiger partial charge in [-0.05, 0) is 62.1 Å². The fraction of sp³-hybridized carbons (Fsp3) is 0.500. The van der Waals surface area contributed by atoms with E-state index in [2.05, 4.69) is 5.32 Å². The molecular formula is C28H37F3N2O5. The average Bonchev–Trinajstić information content (AvgIpc) is 2.87. The average molecular weight is 539 g/mol. The zero-order valence-electron chi connectivity index (χ0n) is 21.9. The van der Waals surface area contributed by atoms with E-state index >= 15 is 0 Å². The maximum absolute atomic E-state index is 13.1. The molecule has 0 aliphatic heterocycles. The van der Waals surface area contributed by atoms with Gasteiger partial charge in [0.2, 0.25) is 5.92 Å². The first-order chi connectivity index (χ1) is 18.1. The van der Waals surface area contributed by atoms with Crippen LogP contribution in [-0.4, -0.2) is 60.3 Å². The Bertz CT molecular complexity index is 981. The second-order valence-corrected chi connectivity index (χ2v) is 9.13. The number of nitrogens with zero attached hydrogens (tertiary/aromatic N) is 1. The molecular weight excluding hydrogens is 501 g/mol. The number of rotatable bonds is 17. The van der Waals surface area contributed by atoms with Crippen LogP contribution < -0.4 is 10.1 Å². The summed E-state index contributed by atoms with van der Waals surface area (Å²) in [7, 11) is 0. The van der Waals surface area contributed by atoms with Crippen LogP contribution in [0.2, 0.25) is 0 Å². The number of carboxylic acids is 1. The molecule has 2 aromatic carbocycles. The number of urea groups is 1.